The molecule has 11 heteroatoms. The van der Waals surface area contributed by atoms with E-state index in [1.54, 1.807) is 6.92 Å². The molecule has 0 unspecified atom stereocenters. The lowest BCUT2D eigenvalue weighted by Gasteiger charge is -2.28. The quantitative estimate of drug-likeness (QED) is 0.244. The minimum Gasteiger partial charge on any atom is -0.484 e. The molecule has 0 aliphatic carbocycles. The van der Waals surface area contributed by atoms with E-state index in [1.807, 2.05) is 30.3 Å². The molecule has 0 bridgehead atoms. The van der Waals surface area contributed by atoms with Crippen molar-refractivity contribution < 1.29 is 31.5 Å². The van der Waals surface area contributed by atoms with Gasteiger partial charge in [0.15, 0.2) is 6.61 Å². The van der Waals surface area contributed by atoms with Gasteiger partial charge in [-0.3, -0.25) is 14.3 Å². The van der Waals surface area contributed by atoms with Crippen molar-refractivity contribution in [2.75, 3.05) is 11.3 Å². The van der Waals surface area contributed by atoms with E-state index in [-0.39, 0.29) is 35.3 Å². The molecule has 1 atom stereocenters. The van der Waals surface area contributed by atoms with Gasteiger partial charge in [0, 0.05) is 18.8 Å². The van der Waals surface area contributed by atoms with E-state index in [4.69, 9.17) is 4.74 Å². The van der Waals surface area contributed by atoms with Crippen molar-refractivity contribution in [1.29, 1.82) is 0 Å². The minimum atomic E-state index is -3.95. The molecule has 0 radical (unpaired) electrons. The lowest BCUT2D eigenvalue weighted by atomic mass is 10.1. The maximum absolute atomic E-state index is 13.4. The zero-order valence-electron chi connectivity index (χ0n) is 22.7. The number of rotatable bonds is 12. The fourth-order valence-electron chi connectivity index (χ4n) is 3.98. The number of carbonyl (C=O) groups is 2. The van der Waals surface area contributed by atoms with E-state index in [0.29, 0.717) is 5.56 Å². The third-order valence-corrected chi connectivity index (χ3v) is 7.73. The molecule has 0 spiro atoms. The van der Waals surface area contributed by atoms with Gasteiger partial charge >= 0.3 is 0 Å². The first kappa shape index (κ1) is 30.2. The van der Waals surface area contributed by atoms with Crippen LogP contribution in [0.5, 0.6) is 5.75 Å². The molecule has 0 heterocycles. The van der Waals surface area contributed by atoms with E-state index in [0.717, 1.165) is 17.7 Å². The molecule has 0 fully saturated rings. The number of sulfonamides is 1. The predicted molar refractivity (Wildman–Crippen MR) is 154 cm³/mol. The summed E-state index contributed by atoms with van der Waals surface area (Å²) in [6, 6.07) is 24.3. The van der Waals surface area contributed by atoms with Gasteiger partial charge in [0.1, 0.15) is 23.4 Å². The van der Waals surface area contributed by atoms with Gasteiger partial charge in [-0.15, -0.1) is 0 Å². The molecule has 4 aromatic carbocycles. The molecule has 0 saturated heterocycles. The fraction of sp³-hybridized carbons (Fsp3) is 0.161. The number of benzene rings is 4. The van der Waals surface area contributed by atoms with Crippen LogP contribution in [0.2, 0.25) is 0 Å². The highest BCUT2D eigenvalue weighted by atomic mass is 32.2. The van der Waals surface area contributed by atoms with Crippen LogP contribution in [0.3, 0.4) is 0 Å². The molecule has 218 valence electrons. The summed E-state index contributed by atoms with van der Waals surface area (Å²) in [7, 11) is -3.95. The molecule has 4 rings (SSSR count). The lowest BCUT2D eigenvalue weighted by molar-refractivity contribution is -0.142. The van der Waals surface area contributed by atoms with Gasteiger partial charge in [-0.25, -0.2) is 17.2 Å². The molecule has 0 aliphatic heterocycles. The Labute approximate surface area is 243 Å². The zero-order chi connectivity index (χ0) is 30.1. The summed E-state index contributed by atoms with van der Waals surface area (Å²) in [5.41, 5.74) is 1.72. The van der Waals surface area contributed by atoms with Crippen molar-refractivity contribution in [1.82, 2.24) is 10.2 Å². The molecule has 2 amide bonds. The van der Waals surface area contributed by atoms with Crippen LogP contribution in [-0.4, -0.2) is 37.8 Å². The summed E-state index contributed by atoms with van der Waals surface area (Å²) < 4.78 is 59.9. The maximum Gasteiger partial charge on any atom is 0.261 e. The van der Waals surface area contributed by atoms with Gasteiger partial charge in [-0.1, -0.05) is 42.5 Å². The average molecular weight is 594 g/mol. The molecule has 2 N–H and O–H groups in total. The molecule has 42 heavy (non-hydrogen) atoms. The van der Waals surface area contributed by atoms with Gasteiger partial charge in [0.25, 0.3) is 15.9 Å². The number of nitrogens with one attached hydrogen (secondary N) is 2. The van der Waals surface area contributed by atoms with E-state index in [1.165, 1.54) is 65.6 Å². The highest BCUT2D eigenvalue weighted by Crippen LogP contribution is 2.20. The number of nitrogens with zero attached hydrogens (tertiary/aromatic N) is 1. The number of halogens is 2. The van der Waals surface area contributed by atoms with Crippen LogP contribution in [0.25, 0.3) is 0 Å². The highest BCUT2D eigenvalue weighted by Gasteiger charge is 2.26. The van der Waals surface area contributed by atoms with Crippen molar-refractivity contribution in [2.45, 2.75) is 31.0 Å². The van der Waals surface area contributed by atoms with Crippen LogP contribution >= 0.6 is 0 Å². The molecule has 0 aliphatic rings. The Kier molecular flexibility index (Phi) is 9.87. The summed E-state index contributed by atoms with van der Waals surface area (Å²) >= 11 is 0. The van der Waals surface area contributed by atoms with E-state index in [9.17, 15) is 26.8 Å². The highest BCUT2D eigenvalue weighted by molar-refractivity contribution is 7.92. The Hall–Kier alpha value is -4.77. The maximum atomic E-state index is 13.4. The van der Waals surface area contributed by atoms with Gasteiger partial charge < -0.3 is 15.0 Å². The second-order valence-corrected chi connectivity index (χ2v) is 11.1. The van der Waals surface area contributed by atoms with Crippen LogP contribution in [-0.2, 0) is 32.7 Å². The van der Waals surface area contributed by atoms with Crippen molar-refractivity contribution in [2.24, 2.45) is 0 Å². The summed E-state index contributed by atoms with van der Waals surface area (Å²) in [6.07, 6.45) is 0. The Morgan fingerprint density at radius 3 is 2.02 bits per heavy atom. The molecule has 0 aromatic heterocycles. The van der Waals surface area contributed by atoms with Gasteiger partial charge in [-0.2, -0.15) is 0 Å². The normalized spacial score (nSPS) is 11.8. The standard InChI is InChI=1S/C31H29F2N3O5S/c1-22(31(38)34-19-23-5-3-2-4-6-23)36(20-24-7-9-25(32)10-8-24)30(37)21-41-28-15-17-29(18-16-28)42(39,40)35-27-13-11-26(33)12-14-27/h2-18,22,35H,19-21H2,1H3,(H,34,38)/t22-/m0/s1. The van der Waals surface area contributed by atoms with Crippen LogP contribution in [0.15, 0.2) is 108 Å². The van der Waals surface area contributed by atoms with Crippen LogP contribution in [0, 0.1) is 11.6 Å². The van der Waals surface area contributed by atoms with Crippen molar-refractivity contribution >= 4 is 27.5 Å². The number of hydrogen-bond donors (Lipinski definition) is 2. The minimum absolute atomic E-state index is 0.0363. The fourth-order valence-corrected chi connectivity index (χ4v) is 5.04. The first-order chi connectivity index (χ1) is 20.1. The second-order valence-electron chi connectivity index (χ2n) is 9.40. The van der Waals surface area contributed by atoms with Crippen LogP contribution in [0.4, 0.5) is 14.5 Å². The predicted octanol–water partition coefficient (Wildman–Crippen LogP) is 4.88. The first-order valence-electron chi connectivity index (χ1n) is 13.0. The average Bonchev–Trinajstić information content (AvgIpc) is 3.00. The Balaban J connectivity index is 1.41. The summed E-state index contributed by atoms with van der Waals surface area (Å²) in [5.74, 6) is -1.57. The molecular formula is C31H29F2N3O5S. The smallest absolute Gasteiger partial charge is 0.261 e. The number of hydrogen-bond acceptors (Lipinski definition) is 5. The molecule has 0 saturated carbocycles. The Bertz CT molecular complexity index is 1600. The first-order valence-corrected chi connectivity index (χ1v) is 14.5. The van der Waals surface area contributed by atoms with Gasteiger partial charge in [-0.05, 0) is 78.7 Å². The molecule has 8 nitrogen and oxygen atoms in total. The number of anilines is 1. The largest absolute Gasteiger partial charge is 0.484 e. The summed E-state index contributed by atoms with van der Waals surface area (Å²) in [5, 5.41) is 2.83. The zero-order valence-corrected chi connectivity index (χ0v) is 23.5. The lowest BCUT2D eigenvalue weighted by Crippen LogP contribution is -2.48. The summed E-state index contributed by atoms with van der Waals surface area (Å²) in [6.45, 7) is 1.48. The van der Waals surface area contributed by atoms with Gasteiger partial charge in [0.05, 0.1) is 4.90 Å². The topological polar surface area (TPSA) is 105 Å². The number of carbonyl (C=O) groups excluding carboxylic acids is 2. The summed E-state index contributed by atoms with van der Waals surface area (Å²) in [4.78, 5) is 27.5. The monoisotopic (exact) mass is 593 g/mol. The van der Waals surface area contributed by atoms with Crippen molar-refractivity contribution in [3.63, 3.8) is 0 Å². The van der Waals surface area contributed by atoms with Crippen LogP contribution in [0.1, 0.15) is 18.1 Å². The van der Waals surface area contributed by atoms with E-state index in [2.05, 4.69) is 10.0 Å². The molecule has 4 aromatic rings. The SMILES string of the molecule is C[C@@H](C(=O)NCc1ccccc1)N(Cc1ccc(F)cc1)C(=O)COc1ccc(S(=O)(=O)Nc2ccc(F)cc2)cc1. The molecular weight excluding hydrogens is 564 g/mol. The van der Waals surface area contributed by atoms with Crippen molar-refractivity contribution in [3.8, 4) is 5.75 Å². The Morgan fingerprint density at radius 1 is 0.810 bits per heavy atom. The Morgan fingerprint density at radius 2 is 1.40 bits per heavy atom. The van der Waals surface area contributed by atoms with E-state index >= 15 is 0 Å². The number of amides is 2. The van der Waals surface area contributed by atoms with Crippen LogP contribution < -0.4 is 14.8 Å². The number of ether oxygens (including phenoxy) is 1. The third-order valence-electron chi connectivity index (χ3n) is 6.34. The van der Waals surface area contributed by atoms with Gasteiger partial charge in [0.2, 0.25) is 5.91 Å². The van der Waals surface area contributed by atoms with Crippen molar-refractivity contribution in [3.05, 3.63) is 126 Å². The van der Waals surface area contributed by atoms with E-state index < -0.39 is 40.2 Å². The second kappa shape index (κ2) is 13.7. The third kappa shape index (κ3) is 8.37.